The van der Waals surface area contributed by atoms with Crippen LogP contribution in [0.3, 0.4) is 0 Å². The Labute approximate surface area is 201 Å². The van der Waals surface area contributed by atoms with Crippen molar-refractivity contribution < 1.29 is 4.79 Å². The molecule has 0 radical (unpaired) electrons. The van der Waals surface area contributed by atoms with E-state index < -0.39 is 16.5 Å². The molecule has 2 heterocycles. The standard InChI is InChI=1S/C25H29N5O3S/c1-3-7-18(15-8-5-4-6-9-15)26-22(31)14(2)34-24-19-21(27-20(28-24)16-10-11-16)30(17-12-13-17)25(33)29-23(19)32/h4-6,8-9,14,16-18H,3,7,10-13H2,1-2H3,(H,26,31)(H,29,32,33)/t14-,18+/m0/s1. The molecular formula is C25H29N5O3S. The molecule has 3 aromatic rings. The van der Waals surface area contributed by atoms with E-state index in [4.69, 9.17) is 4.98 Å². The van der Waals surface area contributed by atoms with Gasteiger partial charge in [-0.2, -0.15) is 0 Å². The van der Waals surface area contributed by atoms with Gasteiger partial charge in [0, 0.05) is 12.0 Å². The van der Waals surface area contributed by atoms with E-state index in [0.29, 0.717) is 21.9 Å². The summed E-state index contributed by atoms with van der Waals surface area (Å²) in [6, 6.07) is 9.94. The molecule has 2 aromatic heterocycles. The molecular weight excluding hydrogens is 450 g/mol. The summed E-state index contributed by atoms with van der Waals surface area (Å²) in [7, 11) is 0. The fraction of sp³-hybridized carbons (Fsp3) is 0.480. The predicted molar refractivity (Wildman–Crippen MR) is 132 cm³/mol. The maximum absolute atomic E-state index is 13.2. The number of nitrogens with one attached hydrogen (secondary N) is 2. The van der Waals surface area contributed by atoms with Crippen molar-refractivity contribution in [1.29, 1.82) is 0 Å². The van der Waals surface area contributed by atoms with Crippen LogP contribution in [-0.4, -0.2) is 30.7 Å². The summed E-state index contributed by atoms with van der Waals surface area (Å²) >= 11 is 1.26. The van der Waals surface area contributed by atoms with Gasteiger partial charge in [0.25, 0.3) is 5.56 Å². The van der Waals surface area contributed by atoms with Crippen molar-refractivity contribution in [2.75, 3.05) is 0 Å². The number of aromatic amines is 1. The minimum atomic E-state index is -0.498. The van der Waals surface area contributed by atoms with Crippen LogP contribution in [0.5, 0.6) is 0 Å². The first-order valence-electron chi connectivity index (χ1n) is 12.0. The lowest BCUT2D eigenvalue weighted by atomic mass is 10.0. The third-order valence-corrected chi connectivity index (χ3v) is 7.46. The zero-order valence-electron chi connectivity index (χ0n) is 19.4. The summed E-state index contributed by atoms with van der Waals surface area (Å²) < 4.78 is 1.60. The van der Waals surface area contributed by atoms with Crippen molar-refractivity contribution in [3.63, 3.8) is 0 Å². The van der Waals surface area contributed by atoms with E-state index in [1.807, 2.05) is 37.3 Å². The summed E-state index contributed by atoms with van der Waals surface area (Å²) in [5.74, 6) is 0.802. The zero-order valence-corrected chi connectivity index (χ0v) is 20.2. The highest BCUT2D eigenvalue weighted by Crippen LogP contribution is 2.41. The maximum atomic E-state index is 13.2. The maximum Gasteiger partial charge on any atom is 0.330 e. The number of aromatic nitrogens is 4. The van der Waals surface area contributed by atoms with Crippen molar-refractivity contribution in [2.45, 2.75) is 80.6 Å². The molecule has 0 saturated heterocycles. The topological polar surface area (TPSA) is 110 Å². The number of nitrogens with zero attached hydrogens (tertiary/aromatic N) is 3. The second-order valence-electron chi connectivity index (χ2n) is 9.24. The minimum absolute atomic E-state index is 0.0630. The van der Waals surface area contributed by atoms with Crippen LogP contribution >= 0.6 is 11.8 Å². The minimum Gasteiger partial charge on any atom is -0.348 e. The van der Waals surface area contributed by atoms with Crippen molar-refractivity contribution in [2.24, 2.45) is 0 Å². The number of fused-ring (bicyclic) bond motifs is 1. The van der Waals surface area contributed by atoms with Crippen LogP contribution in [0, 0.1) is 0 Å². The molecule has 34 heavy (non-hydrogen) atoms. The molecule has 1 aromatic carbocycles. The molecule has 8 nitrogen and oxygen atoms in total. The summed E-state index contributed by atoms with van der Waals surface area (Å²) in [5.41, 5.74) is 0.551. The monoisotopic (exact) mass is 479 g/mol. The van der Waals surface area contributed by atoms with Crippen LogP contribution in [0.2, 0.25) is 0 Å². The van der Waals surface area contributed by atoms with Crippen molar-refractivity contribution >= 4 is 28.7 Å². The summed E-state index contributed by atoms with van der Waals surface area (Å²) in [6.45, 7) is 3.92. The number of carbonyl (C=O) groups excluding carboxylic acids is 1. The van der Waals surface area contributed by atoms with Gasteiger partial charge in [0.2, 0.25) is 5.91 Å². The van der Waals surface area contributed by atoms with Gasteiger partial charge in [0.1, 0.15) is 16.2 Å². The van der Waals surface area contributed by atoms with Crippen molar-refractivity contribution in [1.82, 2.24) is 24.8 Å². The van der Waals surface area contributed by atoms with E-state index in [9.17, 15) is 14.4 Å². The van der Waals surface area contributed by atoms with E-state index in [-0.39, 0.29) is 23.9 Å². The molecule has 5 rings (SSSR count). The second-order valence-corrected chi connectivity index (χ2v) is 10.6. The Kier molecular flexibility index (Phi) is 6.29. The number of rotatable bonds is 9. The lowest BCUT2D eigenvalue weighted by Gasteiger charge is -2.21. The summed E-state index contributed by atoms with van der Waals surface area (Å²) in [4.78, 5) is 50.4. The molecule has 9 heteroatoms. The quantitative estimate of drug-likeness (QED) is 0.357. The van der Waals surface area contributed by atoms with Gasteiger partial charge in [0.15, 0.2) is 5.65 Å². The number of thioether (sulfide) groups is 1. The fourth-order valence-electron chi connectivity index (χ4n) is 4.22. The molecule has 0 aliphatic heterocycles. The molecule has 0 unspecified atom stereocenters. The number of carbonyl (C=O) groups is 1. The highest BCUT2D eigenvalue weighted by atomic mass is 32.2. The van der Waals surface area contributed by atoms with E-state index in [0.717, 1.165) is 44.1 Å². The van der Waals surface area contributed by atoms with Crippen LogP contribution in [-0.2, 0) is 4.79 Å². The van der Waals surface area contributed by atoms with Gasteiger partial charge in [-0.1, -0.05) is 55.4 Å². The van der Waals surface area contributed by atoms with Crippen LogP contribution in [0.15, 0.2) is 44.9 Å². The van der Waals surface area contributed by atoms with Crippen LogP contribution in [0.4, 0.5) is 0 Å². The average molecular weight is 480 g/mol. The number of H-pyrrole nitrogens is 1. The fourth-order valence-corrected chi connectivity index (χ4v) is 5.18. The van der Waals surface area contributed by atoms with E-state index in [1.165, 1.54) is 11.8 Å². The van der Waals surface area contributed by atoms with Crippen LogP contribution < -0.4 is 16.6 Å². The Morgan fingerprint density at radius 1 is 1.18 bits per heavy atom. The first kappa shape index (κ1) is 22.8. The SMILES string of the molecule is CCC[C@@H](NC(=O)[C@H](C)Sc1nc(C2CC2)nc2c1c(=O)[nH]c(=O)n2C1CC1)c1ccccc1. The highest BCUT2D eigenvalue weighted by molar-refractivity contribution is 8.00. The summed E-state index contributed by atoms with van der Waals surface area (Å²) in [6.07, 6.45) is 5.56. The molecule has 1 amide bonds. The molecule has 2 fully saturated rings. The number of benzene rings is 1. The molecule has 2 atom stereocenters. The molecule has 2 N–H and O–H groups in total. The second kappa shape index (κ2) is 9.37. The Balaban J connectivity index is 1.47. The van der Waals surface area contributed by atoms with Crippen LogP contribution in [0.25, 0.3) is 11.0 Å². The van der Waals surface area contributed by atoms with Crippen LogP contribution in [0.1, 0.15) is 81.8 Å². The van der Waals surface area contributed by atoms with E-state index in [1.54, 1.807) is 4.57 Å². The van der Waals surface area contributed by atoms with Gasteiger partial charge in [0.05, 0.1) is 11.3 Å². The first-order chi connectivity index (χ1) is 16.5. The molecule has 0 bridgehead atoms. The lowest BCUT2D eigenvalue weighted by Crippen LogP contribution is -2.35. The average Bonchev–Trinajstić information content (AvgIpc) is 3.72. The van der Waals surface area contributed by atoms with Crippen molar-refractivity contribution in [3.8, 4) is 0 Å². The van der Waals surface area contributed by atoms with Crippen molar-refractivity contribution in [3.05, 3.63) is 62.6 Å². The summed E-state index contributed by atoms with van der Waals surface area (Å²) in [5, 5.41) is 3.46. The largest absolute Gasteiger partial charge is 0.348 e. The van der Waals surface area contributed by atoms with Gasteiger partial charge in [-0.3, -0.25) is 19.1 Å². The Hall–Kier alpha value is -2.94. The highest BCUT2D eigenvalue weighted by Gasteiger charge is 2.33. The smallest absolute Gasteiger partial charge is 0.330 e. The number of hydrogen-bond donors (Lipinski definition) is 2. The van der Waals surface area contributed by atoms with Gasteiger partial charge in [-0.15, -0.1) is 0 Å². The Bertz CT molecular complexity index is 1330. The normalized spacial score (nSPS) is 17.5. The Morgan fingerprint density at radius 3 is 2.56 bits per heavy atom. The third kappa shape index (κ3) is 4.66. The van der Waals surface area contributed by atoms with Gasteiger partial charge >= 0.3 is 5.69 Å². The van der Waals surface area contributed by atoms with Gasteiger partial charge < -0.3 is 5.32 Å². The number of hydrogen-bond acceptors (Lipinski definition) is 6. The predicted octanol–water partition coefficient (Wildman–Crippen LogP) is 3.83. The molecule has 178 valence electrons. The molecule has 0 spiro atoms. The number of amides is 1. The molecule has 2 aliphatic carbocycles. The molecule has 2 saturated carbocycles. The first-order valence-corrected chi connectivity index (χ1v) is 12.9. The molecule has 2 aliphatic rings. The zero-order chi connectivity index (χ0) is 23.8. The van der Waals surface area contributed by atoms with E-state index >= 15 is 0 Å². The van der Waals surface area contributed by atoms with Gasteiger partial charge in [-0.25, -0.2) is 14.8 Å². The third-order valence-electron chi connectivity index (χ3n) is 6.38. The lowest BCUT2D eigenvalue weighted by molar-refractivity contribution is -0.121. The van der Waals surface area contributed by atoms with Gasteiger partial charge in [-0.05, 0) is 44.6 Å². The van der Waals surface area contributed by atoms with E-state index in [2.05, 4.69) is 22.2 Å². The Morgan fingerprint density at radius 2 is 1.91 bits per heavy atom.